The molecule has 4 rings (SSSR count). The van der Waals surface area contributed by atoms with Crippen molar-refractivity contribution in [3.8, 4) is 0 Å². The van der Waals surface area contributed by atoms with Crippen LogP contribution in [0.2, 0.25) is 0 Å². The van der Waals surface area contributed by atoms with Gasteiger partial charge in [-0.1, -0.05) is 38.8 Å². The van der Waals surface area contributed by atoms with Crippen LogP contribution in [-0.2, 0) is 9.59 Å². The molecular formula is C21H27FN2O2. The van der Waals surface area contributed by atoms with Crippen molar-refractivity contribution in [1.29, 1.82) is 0 Å². The second kappa shape index (κ2) is 6.67. The first-order chi connectivity index (χ1) is 12.5. The number of rotatable bonds is 3. The number of hydrogen-bond donors (Lipinski definition) is 0. The molecular weight excluding hydrogens is 331 g/mol. The van der Waals surface area contributed by atoms with Crippen LogP contribution in [0.5, 0.6) is 0 Å². The number of hydrogen-bond acceptors (Lipinski definition) is 2. The van der Waals surface area contributed by atoms with Crippen molar-refractivity contribution in [3.63, 3.8) is 0 Å². The Labute approximate surface area is 154 Å². The second-order valence-corrected chi connectivity index (χ2v) is 8.29. The van der Waals surface area contributed by atoms with Crippen LogP contribution in [0.25, 0.3) is 0 Å². The average Bonchev–Trinajstić information content (AvgIpc) is 3.45. The van der Waals surface area contributed by atoms with Gasteiger partial charge >= 0.3 is 0 Å². The van der Waals surface area contributed by atoms with Crippen molar-refractivity contribution >= 4 is 11.8 Å². The molecule has 3 aliphatic rings. The first-order valence-corrected chi connectivity index (χ1v) is 9.84. The SMILES string of the molecule is CC1CCCC(N2CC(=O)N(C3CC3)C(c3ccc(F)cc3)C2=O)C1C. The zero-order chi connectivity index (χ0) is 18.4. The standard InChI is InChI=1S/C21H27FN2O2/c1-13-4-3-5-18(14(13)2)23-12-19(25)24(17-10-11-17)20(21(23)26)15-6-8-16(22)9-7-15/h6-9,13-14,17-18,20H,3-5,10-12H2,1-2H3. The minimum atomic E-state index is -0.603. The number of benzene rings is 1. The lowest BCUT2D eigenvalue weighted by Crippen LogP contribution is -2.60. The summed E-state index contributed by atoms with van der Waals surface area (Å²) in [6.45, 7) is 4.63. The lowest BCUT2D eigenvalue weighted by atomic mass is 9.77. The third-order valence-corrected chi connectivity index (χ3v) is 6.58. The summed E-state index contributed by atoms with van der Waals surface area (Å²) in [4.78, 5) is 30.1. The molecule has 4 atom stereocenters. The van der Waals surface area contributed by atoms with Gasteiger partial charge in [0.1, 0.15) is 18.4 Å². The topological polar surface area (TPSA) is 40.6 Å². The number of nitrogens with zero attached hydrogens (tertiary/aromatic N) is 2. The smallest absolute Gasteiger partial charge is 0.250 e. The molecule has 3 fully saturated rings. The molecule has 5 heteroatoms. The Hall–Kier alpha value is -1.91. The molecule has 0 radical (unpaired) electrons. The molecule has 4 nitrogen and oxygen atoms in total. The molecule has 140 valence electrons. The van der Waals surface area contributed by atoms with Crippen LogP contribution in [0.3, 0.4) is 0 Å². The Morgan fingerprint density at radius 1 is 1.00 bits per heavy atom. The van der Waals surface area contributed by atoms with E-state index in [4.69, 9.17) is 0 Å². The number of halogens is 1. The summed E-state index contributed by atoms with van der Waals surface area (Å²) >= 11 is 0. The normalized spacial score (nSPS) is 32.9. The Kier molecular flexibility index (Phi) is 4.49. The van der Waals surface area contributed by atoms with E-state index >= 15 is 0 Å². The molecule has 1 aliphatic heterocycles. The zero-order valence-electron chi connectivity index (χ0n) is 15.5. The average molecular weight is 358 g/mol. The first-order valence-electron chi connectivity index (χ1n) is 9.84. The van der Waals surface area contributed by atoms with E-state index in [0.717, 1.165) is 31.2 Å². The maximum Gasteiger partial charge on any atom is 0.250 e. The van der Waals surface area contributed by atoms with Gasteiger partial charge in [-0.25, -0.2) is 4.39 Å². The van der Waals surface area contributed by atoms with Crippen LogP contribution >= 0.6 is 0 Å². The van der Waals surface area contributed by atoms with E-state index in [9.17, 15) is 14.0 Å². The van der Waals surface area contributed by atoms with Crippen molar-refractivity contribution in [1.82, 2.24) is 9.80 Å². The van der Waals surface area contributed by atoms with Gasteiger partial charge in [-0.3, -0.25) is 9.59 Å². The van der Waals surface area contributed by atoms with E-state index in [1.165, 1.54) is 18.6 Å². The van der Waals surface area contributed by atoms with Crippen molar-refractivity contribution in [2.75, 3.05) is 6.54 Å². The third-order valence-electron chi connectivity index (χ3n) is 6.58. The highest BCUT2D eigenvalue weighted by atomic mass is 19.1. The van der Waals surface area contributed by atoms with Gasteiger partial charge in [-0.15, -0.1) is 0 Å². The molecule has 1 aromatic rings. The second-order valence-electron chi connectivity index (χ2n) is 8.29. The highest BCUT2D eigenvalue weighted by Gasteiger charge is 2.49. The third kappa shape index (κ3) is 3.01. The van der Waals surface area contributed by atoms with Gasteiger partial charge < -0.3 is 9.80 Å². The predicted octanol–water partition coefficient (Wildman–Crippen LogP) is 3.52. The van der Waals surface area contributed by atoms with Gasteiger partial charge in [0.2, 0.25) is 5.91 Å². The summed E-state index contributed by atoms with van der Waals surface area (Å²) in [5.74, 6) is 0.665. The van der Waals surface area contributed by atoms with E-state index in [2.05, 4.69) is 13.8 Å². The van der Waals surface area contributed by atoms with Gasteiger partial charge in [0, 0.05) is 12.1 Å². The quantitative estimate of drug-likeness (QED) is 0.829. The molecule has 0 spiro atoms. The molecule has 1 saturated heterocycles. The summed E-state index contributed by atoms with van der Waals surface area (Å²) in [5, 5.41) is 0. The number of amides is 2. The van der Waals surface area contributed by atoms with Gasteiger partial charge in [0.05, 0.1) is 0 Å². The fraction of sp³-hybridized carbons (Fsp3) is 0.619. The largest absolute Gasteiger partial charge is 0.328 e. The van der Waals surface area contributed by atoms with Crippen molar-refractivity contribution < 1.29 is 14.0 Å². The molecule has 26 heavy (non-hydrogen) atoms. The van der Waals surface area contributed by atoms with Gasteiger partial charge in [-0.05, 0) is 48.8 Å². The van der Waals surface area contributed by atoms with Crippen molar-refractivity contribution in [2.45, 2.75) is 64.1 Å². The molecule has 2 amide bonds. The fourth-order valence-corrected chi connectivity index (χ4v) is 4.72. The van der Waals surface area contributed by atoms with E-state index in [0.29, 0.717) is 11.8 Å². The number of piperazine rings is 1. The molecule has 1 heterocycles. The fourth-order valence-electron chi connectivity index (χ4n) is 4.72. The van der Waals surface area contributed by atoms with Crippen LogP contribution < -0.4 is 0 Å². The van der Waals surface area contributed by atoms with Crippen LogP contribution in [0.15, 0.2) is 24.3 Å². The van der Waals surface area contributed by atoms with E-state index in [1.807, 2.05) is 4.90 Å². The molecule has 4 unspecified atom stereocenters. The summed E-state index contributed by atoms with van der Waals surface area (Å²) in [6.07, 6.45) is 5.15. The Balaban J connectivity index is 1.67. The Morgan fingerprint density at radius 3 is 2.35 bits per heavy atom. The molecule has 0 aromatic heterocycles. The monoisotopic (exact) mass is 358 g/mol. The van der Waals surface area contributed by atoms with Crippen LogP contribution in [0.1, 0.15) is 57.6 Å². The number of carbonyl (C=O) groups excluding carboxylic acids is 2. The lowest BCUT2D eigenvalue weighted by Gasteiger charge is -2.47. The Bertz CT molecular complexity index is 700. The molecule has 0 N–H and O–H groups in total. The minimum absolute atomic E-state index is 0.00839. The Morgan fingerprint density at radius 2 is 1.69 bits per heavy atom. The maximum absolute atomic E-state index is 13.5. The van der Waals surface area contributed by atoms with Gasteiger partial charge in [0.25, 0.3) is 5.91 Å². The molecule has 0 bridgehead atoms. The summed E-state index contributed by atoms with van der Waals surface area (Å²) < 4.78 is 13.4. The zero-order valence-corrected chi connectivity index (χ0v) is 15.5. The highest BCUT2D eigenvalue weighted by Crippen LogP contribution is 2.41. The van der Waals surface area contributed by atoms with Crippen LogP contribution in [-0.4, -0.2) is 40.2 Å². The van der Waals surface area contributed by atoms with E-state index in [1.54, 1.807) is 17.0 Å². The summed E-state index contributed by atoms with van der Waals surface area (Å²) in [5.41, 5.74) is 0.720. The molecule has 1 aromatic carbocycles. The predicted molar refractivity (Wildman–Crippen MR) is 96.7 cm³/mol. The molecule has 2 saturated carbocycles. The van der Waals surface area contributed by atoms with E-state index < -0.39 is 6.04 Å². The van der Waals surface area contributed by atoms with Crippen LogP contribution in [0.4, 0.5) is 4.39 Å². The van der Waals surface area contributed by atoms with Crippen LogP contribution in [0, 0.1) is 17.7 Å². The highest BCUT2D eigenvalue weighted by molar-refractivity contribution is 5.96. The van der Waals surface area contributed by atoms with Crippen molar-refractivity contribution in [2.24, 2.45) is 11.8 Å². The summed E-state index contributed by atoms with van der Waals surface area (Å²) in [7, 11) is 0. The molecule has 2 aliphatic carbocycles. The summed E-state index contributed by atoms with van der Waals surface area (Å²) in [6, 6.07) is 5.73. The lowest BCUT2D eigenvalue weighted by molar-refractivity contribution is -0.161. The minimum Gasteiger partial charge on any atom is -0.328 e. The van der Waals surface area contributed by atoms with Crippen molar-refractivity contribution in [3.05, 3.63) is 35.6 Å². The number of carbonyl (C=O) groups is 2. The van der Waals surface area contributed by atoms with E-state index in [-0.39, 0.29) is 36.3 Å². The first kappa shape index (κ1) is 17.5. The van der Waals surface area contributed by atoms with Gasteiger partial charge in [0.15, 0.2) is 0 Å². The maximum atomic E-state index is 13.5. The van der Waals surface area contributed by atoms with Gasteiger partial charge in [-0.2, -0.15) is 0 Å².